The molecule has 54 heavy (non-hydrogen) atoms. The quantitative estimate of drug-likeness (QED) is 0.128. The van der Waals surface area contributed by atoms with Crippen LogP contribution in [-0.4, -0.2) is 18.8 Å². The van der Waals surface area contributed by atoms with E-state index in [4.69, 9.17) is 14.7 Å². The van der Waals surface area contributed by atoms with Crippen LogP contribution < -0.4 is 4.74 Å². The van der Waals surface area contributed by atoms with Crippen molar-refractivity contribution in [2.45, 2.75) is 0 Å². The van der Waals surface area contributed by atoms with E-state index in [-0.39, 0.29) is 21.1 Å². The number of aromatic nitrogens is 4. The Morgan fingerprint density at radius 2 is 1.11 bits per heavy atom. The van der Waals surface area contributed by atoms with E-state index in [1.165, 1.54) is 0 Å². The van der Waals surface area contributed by atoms with Gasteiger partial charge in [-0.15, -0.1) is 12.1 Å². The third-order valence-corrected chi connectivity index (χ3v) is 10.2. The smallest absolute Gasteiger partial charge is 0.497 e. The summed E-state index contributed by atoms with van der Waals surface area (Å²) in [4.78, 5) is 9.78. The van der Waals surface area contributed by atoms with Crippen molar-refractivity contribution >= 4 is 54.6 Å². The first-order valence-corrected chi connectivity index (χ1v) is 17.7. The summed E-state index contributed by atoms with van der Waals surface area (Å²) >= 11 is 0. The van der Waals surface area contributed by atoms with Crippen molar-refractivity contribution in [2.75, 3.05) is 0 Å². The summed E-state index contributed by atoms with van der Waals surface area (Å²) in [5.74, 6) is 1.18. The Kier molecular flexibility index (Phi) is 7.64. The third-order valence-electron chi connectivity index (χ3n) is 10.2. The number of pyridine rings is 2. The van der Waals surface area contributed by atoms with Gasteiger partial charge in [-0.25, -0.2) is 0 Å². The normalized spacial score (nSPS) is 11.6. The van der Waals surface area contributed by atoms with Gasteiger partial charge in [-0.05, 0) is 45.2 Å². The molecule has 0 N–H and O–H groups in total. The molecule has 11 rings (SSSR count). The summed E-state index contributed by atoms with van der Waals surface area (Å²) in [6.45, 7) is 0. The van der Waals surface area contributed by atoms with Gasteiger partial charge in [-0.1, -0.05) is 161 Å². The molecule has 0 atom stereocenters. The van der Waals surface area contributed by atoms with Crippen LogP contribution in [-0.2, 0) is 21.1 Å². The van der Waals surface area contributed by atoms with E-state index in [2.05, 4.69) is 154 Å². The van der Waals surface area contributed by atoms with Crippen molar-refractivity contribution in [3.8, 4) is 45.0 Å². The predicted molar refractivity (Wildman–Crippen MR) is 214 cm³/mol. The number of benzene rings is 7. The Hall–Kier alpha value is -6.55. The van der Waals surface area contributed by atoms with Crippen molar-refractivity contribution in [1.82, 2.24) is 18.8 Å². The fourth-order valence-electron chi connectivity index (χ4n) is 7.87. The van der Waals surface area contributed by atoms with Crippen LogP contribution in [0.1, 0.15) is 0 Å². The molecule has 11 aromatic rings. The molecular formula is C48H28N4OPt. The minimum Gasteiger partial charge on any atom is -0.497 e. The van der Waals surface area contributed by atoms with E-state index in [1.807, 2.05) is 36.8 Å². The van der Waals surface area contributed by atoms with Crippen LogP contribution in [0.25, 0.3) is 88.2 Å². The monoisotopic (exact) mass is 871 g/mol. The van der Waals surface area contributed by atoms with Crippen molar-refractivity contribution in [3.05, 3.63) is 182 Å². The fourth-order valence-corrected chi connectivity index (χ4v) is 7.87. The Morgan fingerprint density at radius 3 is 1.83 bits per heavy atom. The van der Waals surface area contributed by atoms with Gasteiger partial charge in [-0.3, -0.25) is 9.97 Å². The number of rotatable bonds is 5. The molecule has 0 aliphatic carbocycles. The zero-order valence-corrected chi connectivity index (χ0v) is 31.0. The van der Waals surface area contributed by atoms with Crippen LogP contribution in [0.15, 0.2) is 170 Å². The topological polar surface area (TPSA) is 43.8 Å². The van der Waals surface area contributed by atoms with Gasteiger partial charge in [0, 0.05) is 46.7 Å². The average Bonchev–Trinajstić information content (AvgIpc) is 3.91. The molecule has 0 fully saturated rings. The molecular weight excluding hydrogens is 844 g/mol. The van der Waals surface area contributed by atoms with E-state index in [1.54, 1.807) is 0 Å². The summed E-state index contributed by atoms with van der Waals surface area (Å²) in [6.07, 6.45) is 5.84. The summed E-state index contributed by atoms with van der Waals surface area (Å²) in [5.41, 5.74) is 10.6. The predicted octanol–water partition coefficient (Wildman–Crippen LogP) is 12.0. The molecule has 0 bridgehead atoms. The number of fused-ring (bicyclic) bond motifs is 12. The molecule has 256 valence electrons. The first-order valence-electron chi connectivity index (χ1n) is 17.7. The number of nitrogens with zero attached hydrogens (tertiary/aromatic N) is 4. The number of hydrogen-bond acceptors (Lipinski definition) is 3. The average molecular weight is 872 g/mol. The fraction of sp³-hybridized carbons (Fsp3) is 0. The molecule has 6 heteroatoms. The van der Waals surface area contributed by atoms with Crippen molar-refractivity contribution < 1.29 is 25.8 Å². The van der Waals surface area contributed by atoms with Gasteiger partial charge in [0.2, 0.25) is 0 Å². The van der Waals surface area contributed by atoms with Gasteiger partial charge in [0.15, 0.2) is 0 Å². The van der Waals surface area contributed by atoms with E-state index >= 15 is 0 Å². The van der Waals surface area contributed by atoms with Gasteiger partial charge >= 0.3 is 21.1 Å². The maximum absolute atomic E-state index is 6.59. The van der Waals surface area contributed by atoms with Crippen LogP contribution in [0.5, 0.6) is 11.5 Å². The number of para-hydroxylation sites is 1. The minimum absolute atomic E-state index is 0. The van der Waals surface area contributed by atoms with Gasteiger partial charge < -0.3 is 13.5 Å². The standard InChI is InChI=1S/C48H28N4O.Pt/c1-4-12-31(13-5-1)34-26-40(32-14-6-2-7-15-32)46-41(27-34)38-23-21-35(28-42(38)47-49-24-25-51(46)47)53-36-20-22-37-39-18-10-11-19-44(39)52-45(33-16-8-3-9-17-33)30-50-48(52)43(37)29-36;/h1-27,30H;/q-2;+2. The van der Waals surface area contributed by atoms with E-state index in [0.717, 1.165) is 88.2 Å². The second kappa shape index (κ2) is 12.8. The SMILES string of the molecule is [Pt+2].[c-]1c(Oc2[c-]c3c(cc2)c2ccccc2n2c(-c4ccccc4)cnc32)ccc2c1c1nccn1c1c(-c3ccccc3)cc(-c3ccccc3)cc21. The molecule has 0 unspecified atom stereocenters. The maximum Gasteiger partial charge on any atom is 2.00 e. The molecule has 0 saturated heterocycles. The van der Waals surface area contributed by atoms with E-state index in [0.29, 0.717) is 11.5 Å². The Bertz CT molecular complexity index is 3190. The third kappa shape index (κ3) is 5.04. The van der Waals surface area contributed by atoms with Crippen molar-refractivity contribution in [2.24, 2.45) is 0 Å². The van der Waals surface area contributed by atoms with Crippen molar-refractivity contribution in [1.29, 1.82) is 0 Å². The van der Waals surface area contributed by atoms with Crippen LogP contribution in [0.4, 0.5) is 0 Å². The number of hydrogen-bond donors (Lipinski definition) is 0. The summed E-state index contributed by atoms with van der Waals surface area (Å²) in [6, 6.07) is 59.9. The molecule has 0 amide bonds. The summed E-state index contributed by atoms with van der Waals surface area (Å²) in [7, 11) is 0. The van der Waals surface area contributed by atoms with Gasteiger partial charge in [0.1, 0.15) is 0 Å². The second-order valence-corrected chi connectivity index (χ2v) is 13.3. The largest absolute Gasteiger partial charge is 2.00 e. The maximum atomic E-state index is 6.59. The molecule has 4 aromatic heterocycles. The van der Waals surface area contributed by atoms with Crippen LogP contribution >= 0.6 is 0 Å². The molecule has 0 saturated carbocycles. The van der Waals surface area contributed by atoms with Gasteiger partial charge in [0.05, 0.1) is 17.0 Å². The van der Waals surface area contributed by atoms with E-state index in [9.17, 15) is 0 Å². The number of imidazole rings is 2. The minimum atomic E-state index is 0. The second-order valence-electron chi connectivity index (χ2n) is 13.3. The number of ether oxygens (including phenoxy) is 1. The molecule has 0 radical (unpaired) electrons. The van der Waals surface area contributed by atoms with E-state index < -0.39 is 0 Å². The van der Waals surface area contributed by atoms with Crippen LogP contribution in [0.3, 0.4) is 0 Å². The molecule has 0 aliphatic rings. The van der Waals surface area contributed by atoms with Gasteiger partial charge in [0.25, 0.3) is 0 Å². The molecule has 0 aliphatic heterocycles. The zero-order chi connectivity index (χ0) is 34.9. The van der Waals surface area contributed by atoms with Gasteiger partial charge in [-0.2, -0.15) is 0 Å². The molecule has 4 heterocycles. The van der Waals surface area contributed by atoms with Crippen LogP contribution in [0, 0.1) is 12.1 Å². The summed E-state index contributed by atoms with van der Waals surface area (Å²) < 4.78 is 11.0. The Labute approximate surface area is 325 Å². The van der Waals surface area contributed by atoms with Crippen LogP contribution in [0.2, 0.25) is 0 Å². The first-order chi connectivity index (χ1) is 26.3. The molecule has 7 aromatic carbocycles. The Balaban J connectivity index is 0.00000361. The Morgan fingerprint density at radius 1 is 0.500 bits per heavy atom. The molecule has 0 spiro atoms. The zero-order valence-electron chi connectivity index (χ0n) is 28.7. The molecule has 5 nitrogen and oxygen atoms in total. The first kappa shape index (κ1) is 32.1. The van der Waals surface area contributed by atoms with Crippen molar-refractivity contribution in [3.63, 3.8) is 0 Å². The summed E-state index contributed by atoms with van der Waals surface area (Å²) in [5, 5.41) is 6.16.